The lowest BCUT2D eigenvalue weighted by molar-refractivity contribution is -0.128. The Kier molecular flexibility index (Phi) is 3.45. The number of thiazole rings is 1. The summed E-state index contributed by atoms with van der Waals surface area (Å²) in [6, 6.07) is 0. The molecule has 4 heterocycles. The van der Waals surface area contributed by atoms with E-state index in [1.54, 1.807) is 5.51 Å². The Labute approximate surface area is 134 Å². The van der Waals surface area contributed by atoms with Crippen molar-refractivity contribution in [2.75, 3.05) is 31.1 Å². The highest BCUT2D eigenvalue weighted by molar-refractivity contribution is 7.16. The maximum atomic E-state index is 12.7. The van der Waals surface area contributed by atoms with Crippen LogP contribution < -0.4 is 10.2 Å². The molecule has 2 aromatic heterocycles. The number of hydrogen-bond acceptors (Lipinski definition) is 6. The molecule has 124 valence electrons. The number of anilines is 1. The van der Waals surface area contributed by atoms with Crippen molar-refractivity contribution >= 4 is 27.5 Å². The second kappa shape index (κ2) is 5.27. The Balaban J connectivity index is 1.69. The average Bonchev–Trinajstić information content (AvgIpc) is 3.19. The van der Waals surface area contributed by atoms with Crippen LogP contribution >= 0.6 is 11.3 Å². The van der Waals surface area contributed by atoms with Gasteiger partial charge in [-0.1, -0.05) is 0 Å². The molecule has 0 radical (unpaired) electrons. The number of aromatic nitrogens is 3. The van der Waals surface area contributed by atoms with E-state index in [1.165, 1.54) is 11.3 Å². The Bertz CT molecular complexity index is 723. The molecule has 1 atom stereocenters. The maximum absolute atomic E-state index is 12.7. The number of hydrogen-bond donors (Lipinski definition) is 1. The van der Waals surface area contributed by atoms with Crippen molar-refractivity contribution in [2.24, 2.45) is 5.41 Å². The summed E-state index contributed by atoms with van der Waals surface area (Å²) in [4.78, 5) is 15.1. The molecule has 9 heteroatoms. The van der Waals surface area contributed by atoms with Gasteiger partial charge in [0.05, 0.1) is 5.51 Å². The van der Waals surface area contributed by atoms with E-state index >= 15 is 0 Å². The van der Waals surface area contributed by atoms with E-state index in [0.29, 0.717) is 16.2 Å². The molecule has 2 saturated heterocycles. The van der Waals surface area contributed by atoms with E-state index in [9.17, 15) is 13.2 Å². The molecule has 0 bridgehead atoms. The molecule has 2 fully saturated rings. The summed E-state index contributed by atoms with van der Waals surface area (Å²) < 4.78 is 38.1. The molecule has 0 aliphatic carbocycles. The molecule has 0 amide bonds. The van der Waals surface area contributed by atoms with Crippen LogP contribution in [0.2, 0.25) is 0 Å². The quantitative estimate of drug-likeness (QED) is 0.907. The molecule has 2 aromatic rings. The summed E-state index contributed by atoms with van der Waals surface area (Å²) in [5.74, 6) is 0.383. The zero-order valence-electron chi connectivity index (χ0n) is 12.4. The first-order chi connectivity index (χ1) is 10.9. The van der Waals surface area contributed by atoms with Gasteiger partial charge in [-0.15, -0.1) is 11.3 Å². The number of nitrogens with zero attached hydrogens (tertiary/aromatic N) is 4. The molecular weight excluding hydrogens is 327 g/mol. The van der Waals surface area contributed by atoms with Crippen LogP contribution in [0, 0.1) is 5.41 Å². The Morgan fingerprint density at radius 3 is 2.91 bits per heavy atom. The van der Waals surface area contributed by atoms with Gasteiger partial charge in [0.2, 0.25) is 0 Å². The lowest BCUT2D eigenvalue weighted by atomic mass is 9.87. The summed E-state index contributed by atoms with van der Waals surface area (Å²) in [6.45, 7) is 3.58. The molecule has 1 spiro atoms. The van der Waals surface area contributed by atoms with Crippen LogP contribution in [-0.2, 0) is 6.42 Å². The second-order valence-electron chi connectivity index (χ2n) is 6.36. The van der Waals surface area contributed by atoms with Crippen molar-refractivity contribution in [3.63, 3.8) is 0 Å². The van der Waals surface area contributed by atoms with E-state index in [0.717, 1.165) is 39.0 Å². The predicted octanol–water partition coefficient (Wildman–Crippen LogP) is 2.38. The first kappa shape index (κ1) is 15.1. The van der Waals surface area contributed by atoms with Crippen molar-refractivity contribution < 1.29 is 13.2 Å². The monoisotopic (exact) mass is 343 g/mol. The van der Waals surface area contributed by atoms with Crippen LogP contribution in [0.5, 0.6) is 0 Å². The highest BCUT2D eigenvalue weighted by atomic mass is 32.1. The molecule has 2 aliphatic heterocycles. The topological polar surface area (TPSA) is 53.9 Å². The van der Waals surface area contributed by atoms with Gasteiger partial charge in [-0.3, -0.25) is 0 Å². The lowest BCUT2D eigenvalue weighted by Gasteiger charge is -2.23. The molecule has 1 unspecified atom stereocenters. The third-order valence-corrected chi connectivity index (χ3v) is 5.37. The van der Waals surface area contributed by atoms with Gasteiger partial charge in [-0.25, -0.2) is 15.0 Å². The van der Waals surface area contributed by atoms with Crippen LogP contribution in [0.4, 0.5) is 19.0 Å². The van der Waals surface area contributed by atoms with Crippen molar-refractivity contribution in [3.05, 3.63) is 11.3 Å². The largest absolute Gasteiger partial charge is 0.396 e. The lowest BCUT2D eigenvalue weighted by Crippen LogP contribution is -2.30. The molecule has 1 N–H and O–H groups in total. The fourth-order valence-corrected chi connectivity index (χ4v) is 4.20. The first-order valence-corrected chi connectivity index (χ1v) is 8.45. The van der Waals surface area contributed by atoms with Crippen LogP contribution in [0.15, 0.2) is 5.51 Å². The zero-order chi connectivity index (χ0) is 16.1. The molecule has 4 rings (SSSR count). The Morgan fingerprint density at radius 2 is 2.17 bits per heavy atom. The minimum Gasteiger partial charge on any atom is -0.354 e. The SMILES string of the molecule is FC(F)(F)Cc1nc(N2CCC3(CCNC3)C2)c2ncsc2n1. The van der Waals surface area contributed by atoms with E-state index < -0.39 is 12.6 Å². The van der Waals surface area contributed by atoms with E-state index in [4.69, 9.17) is 0 Å². The van der Waals surface area contributed by atoms with E-state index in [2.05, 4.69) is 25.2 Å². The zero-order valence-corrected chi connectivity index (χ0v) is 13.2. The number of alkyl halides is 3. The van der Waals surface area contributed by atoms with Gasteiger partial charge in [-0.05, 0) is 19.4 Å². The van der Waals surface area contributed by atoms with Crippen molar-refractivity contribution in [3.8, 4) is 0 Å². The van der Waals surface area contributed by atoms with Gasteiger partial charge >= 0.3 is 6.18 Å². The van der Waals surface area contributed by atoms with Gasteiger partial charge in [0.15, 0.2) is 5.82 Å². The number of nitrogens with one attached hydrogen (secondary N) is 1. The summed E-state index contributed by atoms with van der Waals surface area (Å²) in [5.41, 5.74) is 2.45. The molecule has 2 aliphatic rings. The van der Waals surface area contributed by atoms with Crippen LogP contribution in [0.25, 0.3) is 10.3 Å². The first-order valence-electron chi connectivity index (χ1n) is 7.57. The van der Waals surface area contributed by atoms with Gasteiger partial charge in [0.25, 0.3) is 0 Å². The second-order valence-corrected chi connectivity index (χ2v) is 7.19. The molecule has 0 aromatic carbocycles. The Morgan fingerprint density at radius 1 is 1.30 bits per heavy atom. The normalized spacial score (nSPS) is 25.1. The minimum atomic E-state index is -4.31. The summed E-state index contributed by atoms with van der Waals surface area (Å²) >= 11 is 1.26. The van der Waals surface area contributed by atoms with Crippen LogP contribution in [-0.4, -0.2) is 47.3 Å². The van der Waals surface area contributed by atoms with Gasteiger partial charge in [0.1, 0.15) is 22.6 Å². The average molecular weight is 343 g/mol. The highest BCUT2D eigenvalue weighted by Crippen LogP contribution is 2.39. The fraction of sp³-hybridized carbons (Fsp3) is 0.643. The van der Waals surface area contributed by atoms with Crippen LogP contribution in [0.1, 0.15) is 18.7 Å². The minimum absolute atomic E-state index is 0.172. The number of fused-ring (bicyclic) bond motifs is 1. The third-order valence-electron chi connectivity index (χ3n) is 4.65. The van der Waals surface area contributed by atoms with Gasteiger partial charge in [-0.2, -0.15) is 13.2 Å². The number of rotatable bonds is 2. The summed E-state index contributed by atoms with van der Waals surface area (Å²) in [5, 5.41) is 3.38. The summed E-state index contributed by atoms with van der Waals surface area (Å²) in [6.07, 6.45) is -3.28. The Hall–Kier alpha value is -1.48. The predicted molar refractivity (Wildman–Crippen MR) is 81.7 cm³/mol. The molecule has 5 nitrogen and oxygen atoms in total. The van der Waals surface area contributed by atoms with Crippen molar-refractivity contribution in [1.82, 2.24) is 20.3 Å². The fourth-order valence-electron chi connectivity index (χ4n) is 3.53. The van der Waals surface area contributed by atoms with Crippen LogP contribution in [0.3, 0.4) is 0 Å². The summed E-state index contributed by atoms with van der Waals surface area (Å²) in [7, 11) is 0. The van der Waals surface area contributed by atoms with Gasteiger partial charge < -0.3 is 10.2 Å². The molecule has 0 saturated carbocycles. The molecule has 23 heavy (non-hydrogen) atoms. The maximum Gasteiger partial charge on any atom is 0.396 e. The smallest absolute Gasteiger partial charge is 0.354 e. The van der Waals surface area contributed by atoms with Gasteiger partial charge in [0, 0.05) is 25.0 Å². The number of halogens is 3. The van der Waals surface area contributed by atoms with E-state index in [1.807, 2.05) is 0 Å². The standard InChI is InChI=1S/C14H16F3N5S/c15-14(16,17)5-9-20-11(10-12(21-9)23-8-19-10)22-4-2-13(7-22)1-3-18-6-13/h8,18H,1-7H2. The molecular formula is C14H16F3N5S. The highest BCUT2D eigenvalue weighted by Gasteiger charge is 2.41. The van der Waals surface area contributed by atoms with Crippen molar-refractivity contribution in [2.45, 2.75) is 25.4 Å². The van der Waals surface area contributed by atoms with Crippen molar-refractivity contribution in [1.29, 1.82) is 0 Å². The van der Waals surface area contributed by atoms with E-state index in [-0.39, 0.29) is 11.2 Å². The third kappa shape index (κ3) is 2.87.